The number of rotatable bonds is 7. The second-order valence-corrected chi connectivity index (χ2v) is 8.48. The van der Waals surface area contributed by atoms with E-state index in [1.54, 1.807) is 17.1 Å². The molecule has 1 fully saturated rings. The fourth-order valence-corrected chi connectivity index (χ4v) is 3.49. The minimum Gasteiger partial charge on any atom is -0.348 e. The van der Waals surface area contributed by atoms with E-state index in [9.17, 15) is 9.18 Å². The predicted octanol–water partition coefficient (Wildman–Crippen LogP) is 4.72. The number of halogens is 1. The van der Waals surface area contributed by atoms with Crippen LogP contribution in [0.15, 0.2) is 42.7 Å². The van der Waals surface area contributed by atoms with Crippen molar-refractivity contribution in [3.8, 4) is 0 Å². The molecule has 1 aliphatic carbocycles. The number of carbonyl (C=O) groups excluding carboxylic acids is 1. The maximum atomic E-state index is 14.1. The molecule has 0 spiro atoms. The molecule has 4 rings (SSSR count). The molecular weight excluding hydrogens is 367 g/mol. The molecule has 6 heteroatoms. The molecule has 2 heterocycles. The highest BCUT2D eigenvalue weighted by atomic mass is 19.1. The Hall–Kier alpha value is -2.76. The number of hydrogen-bond donors (Lipinski definition) is 1. The SMILES string of the molecule is CC(C)c1ccc(CC(=O)N[C@H](C)c2cc3cnn(CC4(F)CC4)c3cn2)cc1.[HH]. The fraction of sp³-hybridized carbons (Fsp3) is 0.435. The number of nitrogens with one attached hydrogen (secondary N) is 1. The number of nitrogens with zero attached hydrogens (tertiary/aromatic N) is 3. The van der Waals surface area contributed by atoms with Crippen molar-refractivity contribution in [3.63, 3.8) is 0 Å². The highest BCUT2D eigenvalue weighted by molar-refractivity contribution is 5.80. The second-order valence-electron chi connectivity index (χ2n) is 8.48. The standard InChI is InChI=1S/C23H27FN4O.H2/c1-15(2)18-6-4-17(5-7-18)10-22(29)27-16(3)20-11-19-12-26-28(21(19)13-25-20)14-23(24)8-9-23;/h4-7,11-13,15-16H,8-10,14H2,1-3H3,(H,27,29);1H/t16-;/m1./s1. The molecule has 154 valence electrons. The van der Waals surface area contributed by atoms with E-state index in [0.717, 1.165) is 22.2 Å². The molecule has 5 nitrogen and oxygen atoms in total. The minimum atomic E-state index is -1.10. The van der Waals surface area contributed by atoms with Crippen molar-refractivity contribution in [1.29, 1.82) is 0 Å². The first-order valence-corrected chi connectivity index (χ1v) is 10.2. The summed E-state index contributed by atoms with van der Waals surface area (Å²) in [6.45, 7) is 6.50. The van der Waals surface area contributed by atoms with E-state index in [1.807, 2.05) is 25.1 Å². The van der Waals surface area contributed by atoms with Gasteiger partial charge in [0.05, 0.1) is 42.6 Å². The van der Waals surface area contributed by atoms with Crippen LogP contribution < -0.4 is 5.32 Å². The van der Waals surface area contributed by atoms with Gasteiger partial charge in [-0.1, -0.05) is 38.1 Å². The zero-order valence-corrected chi connectivity index (χ0v) is 17.2. The van der Waals surface area contributed by atoms with Crippen LogP contribution in [0.3, 0.4) is 0 Å². The highest BCUT2D eigenvalue weighted by Gasteiger charge is 2.44. The van der Waals surface area contributed by atoms with Crippen molar-refractivity contribution in [2.24, 2.45) is 0 Å². The number of alkyl halides is 1. The fourth-order valence-electron chi connectivity index (χ4n) is 3.49. The summed E-state index contributed by atoms with van der Waals surface area (Å²) < 4.78 is 15.7. The Morgan fingerprint density at radius 1 is 1.24 bits per heavy atom. The third kappa shape index (κ3) is 4.47. The molecule has 1 atom stereocenters. The van der Waals surface area contributed by atoms with Crippen LogP contribution in [0.5, 0.6) is 0 Å². The Morgan fingerprint density at radius 2 is 1.97 bits per heavy atom. The molecule has 2 aromatic heterocycles. The van der Waals surface area contributed by atoms with Crippen molar-refractivity contribution in [1.82, 2.24) is 20.1 Å². The van der Waals surface area contributed by atoms with E-state index in [-0.39, 0.29) is 19.9 Å². The molecule has 0 bridgehead atoms. The van der Waals surface area contributed by atoms with Gasteiger partial charge in [0.25, 0.3) is 0 Å². The largest absolute Gasteiger partial charge is 0.348 e. The molecule has 0 radical (unpaired) electrons. The Kier molecular flexibility index (Phi) is 5.11. The topological polar surface area (TPSA) is 59.8 Å². The lowest BCUT2D eigenvalue weighted by Crippen LogP contribution is -2.28. The van der Waals surface area contributed by atoms with Crippen molar-refractivity contribution < 1.29 is 10.6 Å². The lowest BCUT2D eigenvalue weighted by molar-refractivity contribution is -0.121. The summed E-state index contributed by atoms with van der Waals surface area (Å²) in [7, 11) is 0. The van der Waals surface area contributed by atoms with E-state index in [1.165, 1.54) is 5.56 Å². The number of carbonyl (C=O) groups is 1. The zero-order chi connectivity index (χ0) is 20.6. The van der Waals surface area contributed by atoms with Gasteiger partial charge in [0.1, 0.15) is 5.67 Å². The first-order valence-electron chi connectivity index (χ1n) is 10.2. The number of pyridine rings is 1. The van der Waals surface area contributed by atoms with Crippen molar-refractivity contribution in [2.75, 3.05) is 0 Å². The Labute approximate surface area is 171 Å². The first-order chi connectivity index (χ1) is 13.8. The van der Waals surface area contributed by atoms with Crippen molar-refractivity contribution in [2.45, 2.75) is 64.2 Å². The quantitative estimate of drug-likeness (QED) is 0.628. The normalized spacial score (nSPS) is 16.2. The van der Waals surface area contributed by atoms with Crippen LogP contribution in [0.4, 0.5) is 4.39 Å². The van der Waals surface area contributed by atoms with Gasteiger partial charge in [0.15, 0.2) is 0 Å². The van der Waals surface area contributed by atoms with Crippen LogP contribution in [0.2, 0.25) is 0 Å². The third-order valence-electron chi connectivity index (χ3n) is 5.61. The van der Waals surface area contributed by atoms with E-state index in [4.69, 9.17) is 0 Å². The van der Waals surface area contributed by atoms with Crippen LogP contribution in [-0.2, 0) is 17.8 Å². The summed E-state index contributed by atoms with van der Waals surface area (Å²) in [5, 5.41) is 8.23. The van der Waals surface area contributed by atoms with Gasteiger partial charge in [0, 0.05) is 6.81 Å². The van der Waals surface area contributed by atoms with Gasteiger partial charge in [-0.25, -0.2) is 4.39 Å². The Morgan fingerprint density at radius 3 is 2.62 bits per heavy atom. The molecular formula is C23H29FN4O. The minimum absolute atomic E-state index is 0. The molecule has 0 aliphatic heterocycles. The van der Waals surface area contributed by atoms with Gasteiger partial charge in [-0.3, -0.25) is 14.5 Å². The summed E-state index contributed by atoms with van der Waals surface area (Å²) in [4.78, 5) is 16.9. The van der Waals surface area contributed by atoms with Crippen LogP contribution in [-0.4, -0.2) is 26.3 Å². The lowest BCUT2D eigenvalue weighted by Gasteiger charge is -2.14. The third-order valence-corrected chi connectivity index (χ3v) is 5.61. The number of aromatic nitrogens is 3. The van der Waals surface area contributed by atoms with Crippen LogP contribution in [0.1, 0.15) is 63.8 Å². The average molecular weight is 397 g/mol. The Bertz CT molecular complexity index is 1030. The molecule has 1 saturated carbocycles. The second kappa shape index (κ2) is 7.58. The molecule has 0 unspecified atom stereocenters. The van der Waals surface area contributed by atoms with Gasteiger partial charge in [-0.05, 0) is 42.9 Å². The molecule has 1 amide bonds. The van der Waals surface area contributed by atoms with E-state index in [0.29, 0.717) is 25.2 Å². The zero-order valence-electron chi connectivity index (χ0n) is 17.2. The summed E-state index contributed by atoms with van der Waals surface area (Å²) in [6.07, 6.45) is 4.99. The number of benzene rings is 1. The van der Waals surface area contributed by atoms with E-state index >= 15 is 0 Å². The molecule has 1 aromatic carbocycles. The van der Waals surface area contributed by atoms with Gasteiger partial charge < -0.3 is 5.32 Å². The summed E-state index contributed by atoms with van der Waals surface area (Å²) in [5.74, 6) is 0.434. The number of amides is 1. The van der Waals surface area contributed by atoms with Gasteiger partial charge in [-0.15, -0.1) is 0 Å². The number of fused-ring (bicyclic) bond motifs is 1. The molecule has 29 heavy (non-hydrogen) atoms. The molecule has 1 aliphatic rings. The van der Waals surface area contributed by atoms with Crippen LogP contribution in [0.25, 0.3) is 10.9 Å². The highest BCUT2D eigenvalue weighted by Crippen LogP contribution is 2.41. The molecule has 1 N–H and O–H groups in total. The predicted molar refractivity (Wildman–Crippen MR) is 114 cm³/mol. The lowest BCUT2D eigenvalue weighted by atomic mass is 10.0. The van der Waals surface area contributed by atoms with Gasteiger partial charge >= 0.3 is 0 Å². The van der Waals surface area contributed by atoms with Gasteiger partial charge in [0.2, 0.25) is 5.91 Å². The Balaban J connectivity index is 0.00000256. The average Bonchev–Trinajstić information content (AvgIpc) is 3.28. The molecule has 3 aromatic rings. The molecule has 0 saturated heterocycles. The van der Waals surface area contributed by atoms with E-state index < -0.39 is 5.67 Å². The van der Waals surface area contributed by atoms with Gasteiger partial charge in [-0.2, -0.15) is 5.10 Å². The monoisotopic (exact) mass is 396 g/mol. The van der Waals surface area contributed by atoms with Crippen LogP contribution in [0, 0.1) is 0 Å². The van der Waals surface area contributed by atoms with Crippen LogP contribution >= 0.6 is 0 Å². The number of hydrogen-bond acceptors (Lipinski definition) is 3. The smallest absolute Gasteiger partial charge is 0.224 e. The summed E-state index contributed by atoms with van der Waals surface area (Å²) in [5.41, 5.74) is 2.74. The maximum Gasteiger partial charge on any atom is 0.224 e. The van der Waals surface area contributed by atoms with Crippen molar-refractivity contribution in [3.05, 3.63) is 59.5 Å². The van der Waals surface area contributed by atoms with E-state index in [2.05, 4.69) is 41.4 Å². The first kappa shape index (κ1) is 19.6. The maximum absolute atomic E-state index is 14.1. The summed E-state index contributed by atoms with van der Waals surface area (Å²) >= 11 is 0. The summed E-state index contributed by atoms with van der Waals surface area (Å²) in [6, 6.07) is 9.87. The van der Waals surface area contributed by atoms with Crippen molar-refractivity contribution >= 4 is 16.8 Å².